The molecule has 0 N–H and O–H groups in total. The smallest absolute Gasteiger partial charge is 0.192 e. The Bertz CT molecular complexity index is 906. The molecular formula is C31H58Cl2O4Si3. The second-order valence-corrected chi connectivity index (χ2v) is 30.8. The van der Waals surface area contributed by atoms with Gasteiger partial charge in [-0.25, -0.2) is 0 Å². The largest absolute Gasteiger partial charge is 0.413 e. The van der Waals surface area contributed by atoms with Gasteiger partial charge in [-0.05, 0) is 41.8 Å². The molecule has 1 rings (SSSR count). The lowest BCUT2D eigenvalue weighted by atomic mass is 10.0. The number of Topliss-reactive ketones (excluding diaryl/α,β-unsaturated/α-hetero) is 1. The van der Waals surface area contributed by atoms with E-state index in [1.54, 1.807) is 0 Å². The van der Waals surface area contributed by atoms with Crippen LogP contribution in [-0.2, 0) is 18.4 Å². The first-order valence-corrected chi connectivity index (χ1v) is 25.2. The molecule has 0 fully saturated rings. The Kier molecular flexibility index (Phi) is 14.4. The van der Waals surface area contributed by atoms with E-state index in [1.165, 1.54) is 0 Å². The zero-order valence-corrected chi connectivity index (χ0v) is 32.1. The summed E-state index contributed by atoms with van der Waals surface area (Å²) in [5.41, 5.74) is 1.11. The van der Waals surface area contributed by atoms with Gasteiger partial charge in [-0.1, -0.05) is 91.5 Å². The SMILES string of the molecule is CC(C)(C)[Si](C)(C)O[C@@H](CCl)CC(=O)C[C@@H](C[C@H](CCl)O[Si](C)(C)C(C)(C)C)O[C@H](c1ccccc1)[Si](C)(C)C. The second kappa shape index (κ2) is 15.1. The summed E-state index contributed by atoms with van der Waals surface area (Å²) in [6, 6.07) is 10.4. The third kappa shape index (κ3) is 11.9. The third-order valence-corrected chi connectivity index (χ3v) is 20.3. The monoisotopic (exact) mass is 648 g/mol. The van der Waals surface area contributed by atoms with Crippen LogP contribution in [0.3, 0.4) is 0 Å². The molecule has 0 radical (unpaired) electrons. The molecule has 0 aliphatic heterocycles. The summed E-state index contributed by atoms with van der Waals surface area (Å²) in [7, 11) is -5.93. The molecule has 1 aromatic carbocycles. The van der Waals surface area contributed by atoms with Crippen molar-refractivity contribution in [3.05, 3.63) is 35.9 Å². The van der Waals surface area contributed by atoms with Gasteiger partial charge in [0.2, 0.25) is 0 Å². The Labute approximate surface area is 259 Å². The molecule has 9 heteroatoms. The van der Waals surface area contributed by atoms with Crippen LogP contribution in [0.15, 0.2) is 30.3 Å². The van der Waals surface area contributed by atoms with Crippen LogP contribution in [-0.4, -0.2) is 60.6 Å². The van der Waals surface area contributed by atoms with Gasteiger partial charge in [-0.2, -0.15) is 0 Å². The maximum atomic E-state index is 13.6. The van der Waals surface area contributed by atoms with Crippen molar-refractivity contribution >= 4 is 53.7 Å². The normalized spacial score (nSPS) is 16.9. The maximum Gasteiger partial charge on any atom is 0.192 e. The van der Waals surface area contributed by atoms with Crippen molar-refractivity contribution in [3.8, 4) is 0 Å². The minimum Gasteiger partial charge on any atom is -0.413 e. The minimum absolute atomic E-state index is 0.0426. The van der Waals surface area contributed by atoms with Gasteiger partial charge in [-0.15, -0.1) is 23.2 Å². The van der Waals surface area contributed by atoms with Crippen LogP contribution in [0, 0.1) is 0 Å². The fraction of sp³-hybridized carbons (Fsp3) is 0.774. The van der Waals surface area contributed by atoms with E-state index in [1.807, 2.05) is 6.07 Å². The minimum atomic E-state index is -2.06. The van der Waals surface area contributed by atoms with Crippen molar-refractivity contribution in [2.45, 2.75) is 141 Å². The molecular weight excluding hydrogens is 592 g/mol. The van der Waals surface area contributed by atoms with Crippen LogP contribution in [0.4, 0.5) is 0 Å². The van der Waals surface area contributed by atoms with Gasteiger partial charge in [0.15, 0.2) is 16.6 Å². The van der Waals surface area contributed by atoms with Crippen LogP contribution in [0.25, 0.3) is 0 Å². The molecule has 0 heterocycles. The summed E-state index contributed by atoms with van der Waals surface area (Å²) in [5, 5.41) is 0.101. The van der Waals surface area contributed by atoms with Crippen molar-refractivity contribution in [1.82, 2.24) is 0 Å². The summed E-state index contributed by atoms with van der Waals surface area (Å²) in [4.78, 5) is 13.6. The first-order chi connectivity index (χ1) is 18.0. The van der Waals surface area contributed by atoms with E-state index in [2.05, 4.69) is 112 Å². The number of halogens is 2. The van der Waals surface area contributed by atoms with Gasteiger partial charge in [0, 0.05) is 31.0 Å². The van der Waals surface area contributed by atoms with E-state index >= 15 is 0 Å². The number of ether oxygens (including phenoxy) is 1. The molecule has 1 aromatic rings. The zero-order valence-electron chi connectivity index (χ0n) is 27.6. The van der Waals surface area contributed by atoms with Crippen LogP contribution in [0.5, 0.6) is 0 Å². The predicted molar refractivity (Wildman–Crippen MR) is 182 cm³/mol. The van der Waals surface area contributed by atoms with Gasteiger partial charge in [0.25, 0.3) is 0 Å². The standard InChI is InChI=1S/C31H58Cl2O4Si3/c1-30(2,3)39(10,11)36-27(22-32)20-25(34)19-26(21-28(23-33)37-40(12,13)31(4,5)6)35-29(38(7,8)9)24-17-15-14-16-18-24/h14-18,26-29H,19-23H2,1-13H3/t26-,27+,28+,29-/m0/s1. The van der Waals surface area contributed by atoms with Crippen molar-refractivity contribution in [2.75, 3.05) is 11.8 Å². The average molecular weight is 650 g/mol. The molecule has 0 aliphatic rings. The maximum absolute atomic E-state index is 13.6. The average Bonchev–Trinajstić information content (AvgIpc) is 2.79. The van der Waals surface area contributed by atoms with Crippen LogP contribution >= 0.6 is 23.2 Å². The van der Waals surface area contributed by atoms with Gasteiger partial charge in [0.05, 0.1) is 32.1 Å². The summed E-state index contributed by atoms with van der Waals surface area (Å²) in [5.74, 6) is 0.768. The van der Waals surface area contributed by atoms with E-state index in [9.17, 15) is 4.79 Å². The van der Waals surface area contributed by atoms with E-state index < -0.39 is 24.7 Å². The quantitative estimate of drug-likeness (QED) is 0.132. The zero-order chi connectivity index (χ0) is 31.2. The molecule has 0 saturated heterocycles. The molecule has 0 unspecified atom stereocenters. The lowest BCUT2D eigenvalue weighted by Crippen LogP contribution is -2.46. The van der Waals surface area contributed by atoms with Gasteiger partial charge >= 0.3 is 0 Å². The lowest BCUT2D eigenvalue weighted by molar-refractivity contribution is -0.124. The van der Waals surface area contributed by atoms with E-state index in [4.69, 9.17) is 36.8 Å². The number of hydrogen-bond donors (Lipinski definition) is 0. The van der Waals surface area contributed by atoms with Crippen molar-refractivity contribution in [2.24, 2.45) is 0 Å². The molecule has 4 atom stereocenters. The molecule has 0 spiro atoms. The molecule has 4 nitrogen and oxygen atoms in total. The van der Waals surface area contributed by atoms with E-state index in [0.717, 1.165) is 5.56 Å². The fourth-order valence-corrected chi connectivity index (χ4v) is 9.22. The van der Waals surface area contributed by atoms with Gasteiger partial charge < -0.3 is 13.6 Å². The lowest BCUT2D eigenvalue weighted by Gasteiger charge is -2.40. The highest BCUT2D eigenvalue weighted by molar-refractivity contribution is 6.77. The van der Waals surface area contributed by atoms with Crippen LogP contribution < -0.4 is 0 Å². The summed E-state index contributed by atoms with van der Waals surface area (Å²) in [6.45, 7) is 29.1. The van der Waals surface area contributed by atoms with E-state index in [0.29, 0.717) is 18.2 Å². The van der Waals surface area contributed by atoms with E-state index in [-0.39, 0.29) is 52.7 Å². The topological polar surface area (TPSA) is 44.8 Å². The van der Waals surface area contributed by atoms with Crippen molar-refractivity contribution in [1.29, 1.82) is 0 Å². The first-order valence-electron chi connectivity index (χ1n) is 14.7. The van der Waals surface area contributed by atoms with Crippen molar-refractivity contribution < 1.29 is 18.4 Å². The fourth-order valence-electron chi connectivity index (χ4n) is 4.13. The Morgan fingerprint density at radius 1 is 0.725 bits per heavy atom. The summed E-state index contributed by atoms with van der Waals surface area (Å²) in [6.07, 6.45) is 0.339. The Hall–Kier alpha value is 0.000649. The summed E-state index contributed by atoms with van der Waals surface area (Å²) < 4.78 is 20.2. The molecule has 0 aromatic heterocycles. The van der Waals surface area contributed by atoms with Gasteiger partial charge in [0.1, 0.15) is 5.78 Å². The van der Waals surface area contributed by atoms with Gasteiger partial charge in [-0.3, -0.25) is 4.79 Å². The molecule has 40 heavy (non-hydrogen) atoms. The molecule has 0 amide bonds. The highest BCUT2D eigenvalue weighted by atomic mass is 35.5. The number of hydrogen-bond acceptors (Lipinski definition) is 4. The number of benzene rings is 1. The Morgan fingerprint density at radius 2 is 1.15 bits per heavy atom. The second-order valence-electron chi connectivity index (χ2n) is 15.4. The molecule has 0 saturated carbocycles. The number of carbonyl (C=O) groups is 1. The third-order valence-electron chi connectivity index (χ3n) is 8.53. The highest BCUT2D eigenvalue weighted by Gasteiger charge is 2.41. The number of ketones is 1. The van der Waals surface area contributed by atoms with Crippen LogP contribution in [0.1, 0.15) is 72.1 Å². The van der Waals surface area contributed by atoms with Crippen molar-refractivity contribution in [3.63, 3.8) is 0 Å². The number of rotatable bonds is 16. The first kappa shape index (κ1) is 38.0. The predicted octanol–water partition coefficient (Wildman–Crippen LogP) is 9.99. The molecule has 0 bridgehead atoms. The number of alkyl halides is 2. The number of carbonyl (C=O) groups excluding carboxylic acids is 1. The van der Waals surface area contributed by atoms with Crippen LogP contribution in [0.2, 0.25) is 55.9 Å². The molecule has 232 valence electrons. The Balaban J connectivity index is 3.26. The molecule has 0 aliphatic carbocycles. The highest BCUT2D eigenvalue weighted by Crippen LogP contribution is 2.40. The Morgan fingerprint density at radius 3 is 1.55 bits per heavy atom. The summed E-state index contributed by atoms with van der Waals surface area (Å²) >= 11 is 12.8.